The lowest BCUT2D eigenvalue weighted by atomic mass is 9.85. The fourth-order valence-electron chi connectivity index (χ4n) is 2.16. The topological polar surface area (TPSA) is 55.4 Å². The van der Waals surface area contributed by atoms with Crippen molar-refractivity contribution in [1.29, 1.82) is 0 Å². The smallest absolute Gasteiger partial charge is 0.316 e. The summed E-state index contributed by atoms with van der Waals surface area (Å²) < 4.78 is 31.9. The summed E-state index contributed by atoms with van der Waals surface area (Å²) in [7, 11) is 0. The van der Waals surface area contributed by atoms with Gasteiger partial charge in [-0.05, 0) is 38.5 Å². The average molecular weight is 347 g/mol. The van der Waals surface area contributed by atoms with E-state index in [9.17, 15) is 18.4 Å². The van der Waals surface area contributed by atoms with Crippen LogP contribution in [0.15, 0.2) is 48.5 Å². The molecule has 0 aliphatic carbocycles. The Hall–Kier alpha value is -2.76. The van der Waals surface area contributed by atoms with Crippen LogP contribution in [0.5, 0.6) is 0 Å². The van der Waals surface area contributed by atoms with Crippen molar-refractivity contribution >= 4 is 17.6 Å². The molecule has 2 aromatic carbocycles. The molecule has 0 spiro atoms. The molecule has 1 atom stereocenters. The summed E-state index contributed by atoms with van der Waals surface area (Å²) in [5.74, 6) is -2.81. The van der Waals surface area contributed by atoms with E-state index in [4.69, 9.17) is 4.74 Å². The second kappa shape index (κ2) is 7.42. The molecule has 1 N–H and O–H groups in total. The summed E-state index contributed by atoms with van der Waals surface area (Å²) in [6.07, 6.45) is -1.17. The normalized spacial score (nSPS) is 12.4. The summed E-state index contributed by atoms with van der Waals surface area (Å²) in [6.45, 7) is 4.73. The number of rotatable bonds is 5. The van der Waals surface area contributed by atoms with Crippen molar-refractivity contribution in [2.24, 2.45) is 0 Å². The number of hydrogen-bond donors (Lipinski definition) is 1. The van der Waals surface area contributed by atoms with E-state index < -0.39 is 35.0 Å². The van der Waals surface area contributed by atoms with Crippen LogP contribution >= 0.6 is 0 Å². The molecule has 0 saturated heterocycles. The second-order valence-electron chi connectivity index (χ2n) is 6.15. The summed E-state index contributed by atoms with van der Waals surface area (Å²) in [5.41, 5.74) is -0.529. The van der Waals surface area contributed by atoms with Crippen LogP contribution in [-0.2, 0) is 19.7 Å². The Labute approximate surface area is 144 Å². The highest BCUT2D eigenvalue weighted by Crippen LogP contribution is 2.25. The summed E-state index contributed by atoms with van der Waals surface area (Å²) in [4.78, 5) is 24.5. The van der Waals surface area contributed by atoms with Crippen LogP contribution in [0.3, 0.4) is 0 Å². The number of nitrogens with one attached hydrogen (secondary N) is 1. The first-order valence-corrected chi connectivity index (χ1v) is 7.74. The Kier molecular flexibility index (Phi) is 5.51. The minimum absolute atomic E-state index is 0.310. The third-order valence-corrected chi connectivity index (χ3v) is 3.85. The Morgan fingerprint density at radius 2 is 1.72 bits per heavy atom. The van der Waals surface area contributed by atoms with Gasteiger partial charge in [0.1, 0.15) is 11.6 Å². The van der Waals surface area contributed by atoms with E-state index in [1.807, 2.05) is 6.07 Å². The Morgan fingerprint density at radius 3 is 2.36 bits per heavy atom. The van der Waals surface area contributed by atoms with Gasteiger partial charge in [-0.1, -0.05) is 30.3 Å². The third kappa shape index (κ3) is 4.41. The van der Waals surface area contributed by atoms with Crippen LogP contribution in [0.25, 0.3) is 0 Å². The number of carbonyl (C=O) groups is 2. The van der Waals surface area contributed by atoms with E-state index in [1.165, 1.54) is 6.92 Å². The zero-order valence-corrected chi connectivity index (χ0v) is 14.2. The van der Waals surface area contributed by atoms with Crippen LogP contribution in [0, 0.1) is 11.6 Å². The molecule has 1 amide bonds. The molecule has 2 rings (SSSR count). The third-order valence-electron chi connectivity index (χ3n) is 3.85. The monoisotopic (exact) mass is 347 g/mol. The number of hydrogen-bond acceptors (Lipinski definition) is 3. The maximum atomic E-state index is 13.6. The van der Waals surface area contributed by atoms with Gasteiger partial charge in [-0.15, -0.1) is 0 Å². The summed E-state index contributed by atoms with van der Waals surface area (Å²) in [6, 6.07) is 11.7. The van der Waals surface area contributed by atoms with Crippen LogP contribution in [0.2, 0.25) is 0 Å². The Morgan fingerprint density at radius 1 is 1.08 bits per heavy atom. The Balaban J connectivity index is 2.05. The van der Waals surface area contributed by atoms with Crippen molar-refractivity contribution in [1.82, 2.24) is 0 Å². The van der Waals surface area contributed by atoms with E-state index in [0.717, 1.165) is 23.8 Å². The number of amides is 1. The SMILES string of the molecule is C[C@@H](OC(=O)C(C)(C)c1ccccc1)C(=O)Nc1cc(F)ccc1F. The van der Waals surface area contributed by atoms with E-state index in [0.29, 0.717) is 0 Å². The molecule has 0 saturated carbocycles. The standard InChI is InChI=1S/C19H19F2NO3/c1-12(17(23)22-16-11-14(20)9-10-15(16)21)25-18(24)19(2,3)13-7-5-4-6-8-13/h4-12H,1-3H3,(H,22,23)/t12-/m1/s1. The molecule has 0 aliphatic heterocycles. The zero-order chi connectivity index (χ0) is 18.6. The molecule has 2 aromatic rings. The molecule has 0 aliphatic rings. The van der Waals surface area contributed by atoms with Gasteiger partial charge in [-0.25, -0.2) is 8.78 Å². The zero-order valence-electron chi connectivity index (χ0n) is 14.2. The lowest BCUT2D eigenvalue weighted by molar-refractivity contribution is -0.158. The number of carbonyl (C=O) groups excluding carboxylic acids is 2. The van der Waals surface area contributed by atoms with E-state index >= 15 is 0 Å². The van der Waals surface area contributed by atoms with Gasteiger partial charge in [0.2, 0.25) is 0 Å². The number of benzene rings is 2. The first kappa shape index (κ1) is 18.6. The molecule has 6 heteroatoms. The number of anilines is 1. The maximum absolute atomic E-state index is 13.6. The molecular formula is C19H19F2NO3. The molecule has 0 bridgehead atoms. The van der Waals surface area contributed by atoms with Crippen molar-refractivity contribution in [3.05, 3.63) is 65.7 Å². The molecule has 0 fully saturated rings. The van der Waals surface area contributed by atoms with Crippen molar-refractivity contribution in [3.8, 4) is 0 Å². The fourth-order valence-corrected chi connectivity index (χ4v) is 2.16. The largest absolute Gasteiger partial charge is 0.452 e. The average Bonchev–Trinajstić information content (AvgIpc) is 2.58. The fraction of sp³-hybridized carbons (Fsp3) is 0.263. The van der Waals surface area contributed by atoms with Crippen molar-refractivity contribution < 1.29 is 23.1 Å². The van der Waals surface area contributed by atoms with Crippen LogP contribution in [0.4, 0.5) is 14.5 Å². The van der Waals surface area contributed by atoms with Gasteiger partial charge in [0, 0.05) is 6.07 Å². The molecule has 4 nitrogen and oxygen atoms in total. The molecular weight excluding hydrogens is 328 g/mol. The number of esters is 1. The van der Waals surface area contributed by atoms with Crippen LogP contribution in [0.1, 0.15) is 26.3 Å². The predicted molar refractivity (Wildman–Crippen MR) is 90.0 cm³/mol. The van der Waals surface area contributed by atoms with Crippen molar-refractivity contribution in [2.75, 3.05) is 5.32 Å². The van der Waals surface area contributed by atoms with Crippen LogP contribution < -0.4 is 5.32 Å². The number of halogens is 2. The second-order valence-corrected chi connectivity index (χ2v) is 6.15. The quantitative estimate of drug-likeness (QED) is 0.837. The molecule has 0 aromatic heterocycles. The van der Waals surface area contributed by atoms with Crippen LogP contribution in [-0.4, -0.2) is 18.0 Å². The van der Waals surface area contributed by atoms with E-state index in [-0.39, 0.29) is 5.69 Å². The molecule has 0 heterocycles. The first-order chi connectivity index (χ1) is 11.7. The summed E-state index contributed by atoms with van der Waals surface area (Å²) in [5, 5.41) is 2.22. The van der Waals surface area contributed by atoms with Gasteiger partial charge in [0.05, 0.1) is 11.1 Å². The minimum atomic E-state index is -1.17. The first-order valence-electron chi connectivity index (χ1n) is 7.74. The Bertz CT molecular complexity index is 775. The molecule has 0 unspecified atom stereocenters. The van der Waals surface area contributed by atoms with Crippen molar-refractivity contribution in [2.45, 2.75) is 32.3 Å². The highest BCUT2D eigenvalue weighted by molar-refractivity contribution is 5.96. The highest BCUT2D eigenvalue weighted by Gasteiger charge is 2.33. The van der Waals surface area contributed by atoms with Gasteiger partial charge in [-0.3, -0.25) is 9.59 Å². The van der Waals surface area contributed by atoms with Gasteiger partial charge in [0.15, 0.2) is 6.10 Å². The van der Waals surface area contributed by atoms with Gasteiger partial charge < -0.3 is 10.1 Å². The van der Waals surface area contributed by atoms with Gasteiger partial charge in [0.25, 0.3) is 5.91 Å². The summed E-state index contributed by atoms with van der Waals surface area (Å²) >= 11 is 0. The highest BCUT2D eigenvalue weighted by atomic mass is 19.1. The number of ether oxygens (including phenoxy) is 1. The predicted octanol–water partition coefficient (Wildman–Crippen LogP) is 3.81. The lowest BCUT2D eigenvalue weighted by Crippen LogP contribution is -2.37. The molecule has 0 radical (unpaired) electrons. The van der Waals surface area contributed by atoms with E-state index in [1.54, 1.807) is 38.1 Å². The van der Waals surface area contributed by atoms with Crippen molar-refractivity contribution in [3.63, 3.8) is 0 Å². The van der Waals surface area contributed by atoms with E-state index in [2.05, 4.69) is 5.32 Å². The van der Waals surface area contributed by atoms with Gasteiger partial charge >= 0.3 is 5.97 Å². The lowest BCUT2D eigenvalue weighted by Gasteiger charge is -2.25. The molecule has 25 heavy (non-hydrogen) atoms. The minimum Gasteiger partial charge on any atom is -0.452 e. The maximum Gasteiger partial charge on any atom is 0.316 e. The van der Waals surface area contributed by atoms with Gasteiger partial charge in [-0.2, -0.15) is 0 Å². The molecule has 132 valence electrons.